The smallest absolute Gasteiger partial charge is 0.182 e. The Morgan fingerprint density at radius 3 is 2.68 bits per heavy atom. The first kappa shape index (κ1) is 12.4. The Morgan fingerprint density at radius 1 is 1.26 bits per heavy atom. The molecule has 0 radical (unpaired) electrons. The van der Waals surface area contributed by atoms with Gasteiger partial charge in [-0.1, -0.05) is 0 Å². The van der Waals surface area contributed by atoms with Crippen LogP contribution in [0.15, 0.2) is 12.4 Å². The average Bonchev–Trinajstić information content (AvgIpc) is 3.01. The van der Waals surface area contributed by atoms with Crippen molar-refractivity contribution in [3.05, 3.63) is 18.1 Å². The Hall–Kier alpha value is -1.67. The topological polar surface area (TPSA) is 64.8 Å². The molecule has 1 aromatic rings. The number of nitrogens with one attached hydrogen (secondary N) is 1. The molecule has 1 saturated carbocycles. The van der Waals surface area contributed by atoms with Crippen molar-refractivity contribution < 1.29 is 0 Å². The van der Waals surface area contributed by atoms with Gasteiger partial charge in [-0.2, -0.15) is 5.26 Å². The molecule has 0 unspecified atom stereocenters. The summed E-state index contributed by atoms with van der Waals surface area (Å²) >= 11 is 0. The van der Waals surface area contributed by atoms with Crippen LogP contribution in [0.2, 0.25) is 0 Å². The number of rotatable bonds is 5. The lowest BCUT2D eigenvalue weighted by Gasteiger charge is -2.23. The number of aromatic nitrogens is 2. The molecule has 3 rings (SSSR count). The zero-order valence-corrected chi connectivity index (χ0v) is 11.1. The van der Waals surface area contributed by atoms with Crippen LogP contribution in [0.5, 0.6) is 0 Å². The molecule has 1 aliphatic heterocycles. The first-order valence-electron chi connectivity index (χ1n) is 6.99. The lowest BCUT2D eigenvalue weighted by Crippen LogP contribution is -2.32. The van der Waals surface area contributed by atoms with Crippen LogP contribution in [0.3, 0.4) is 0 Å². The minimum absolute atomic E-state index is 0.388. The van der Waals surface area contributed by atoms with Gasteiger partial charge in [0.15, 0.2) is 11.5 Å². The minimum Gasteiger partial charge on any atom is -0.367 e. The summed E-state index contributed by atoms with van der Waals surface area (Å²) in [5.41, 5.74) is 0.786. The van der Waals surface area contributed by atoms with Gasteiger partial charge in [0.1, 0.15) is 6.07 Å². The van der Waals surface area contributed by atoms with Gasteiger partial charge in [0.2, 0.25) is 0 Å². The summed E-state index contributed by atoms with van der Waals surface area (Å²) in [5, 5.41) is 12.3. The van der Waals surface area contributed by atoms with Gasteiger partial charge in [-0.05, 0) is 38.8 Å². The number of likely N-dealkylation sites (tertiary alicyclic amines) is 1. The zero-order valence-electron chi connectivity index (χ0n) is 11.1. The number of hydrogen-bond acceptors (Lipinski definition) is 5. The van der Waals surface area contributed by atoms with E-state index in [0.717, 1.165) is 6.54 Å². The average molecular weight is 257 g/mol. The van der Waals surface area contributed by atoms with Gasteiger partial charge >= 0.3 is 0 Å². The van der Waals surface area contributed by atoms with E-state index in [9.17, 15) is 0 Å². The summed E-state index contributed by atoms with van der Waals surface area (Å²) in [6.45, 7) is 4.58. The molecule has 0 amide bonds. The normalized spacial score (nSPS) is 21.0. The van der Waals surface area contributed by atoms with E-state index >= 15 is 0 Å². The molecule has 0 atom stereocenters. The lowest BCUT2D eigenvalue weighted by molar-refractivity contribution is 0.271. The van der Waals surface area contributed by atoms with Gasteiger partial charge in [-0.15, -0.1) is 0 Å². The maximum atomic E-state index is 8.99. The van der Waals surface area contributed by atoms with E-state index in [0.29, 0.717) is 16.9 Å². The SMILES string of the molecule is N#Cc1nccnc1NCC1(CN2CCCC2)CC1. The molecule has 0 spiro atoms. The first-order valence-corrected chi connectivity index (χ1v) is 6.99. The van der Waals surface area contributed by atoms with E-state index in [1.54, 1.807) is 12.4 Å². The molecule has 1 aliphatic carbocycles. The van der Waals surface area contributed by atoms with E-state index in [-0.39, 0.29) is 0 Å². The van der Waals surface area contributed by atoms with Crippen molar-refractivity contribution in [1.82, 2.24) is 14.9 Å². The highest BCUT2D eigenvalue weighted by Gasteiger charge is 2.44. The van der Waals surface area contributed by atoms with Gasteiger partial charge in [0.05, 0.1) is 0 Å². The van der Waals surface area contributed by atoms with Gasteiger partial charge in [0.25, 0.3) is 0 Å². The molecule has 5 heteroatoms. The molecular weight excluding hydrogens is 238 g/mol. The Kier molecular flexibility index (Phi) is 3.34. The van der Waals surface area contributed by atoms with Crippen molar-refractivity contribution in [3.8, 4) is 6.07 Å². The molecule has 1 N–H and O–H groups in total. The molecule has 0 aromatic carbocycles. The number of nitrogens with zero attached hydrogens (tertiary/aromatic N) is 4. The largest absolute Gasteiger partial charge is 0.367 e. The predicted octanol–water partition coefficient (Wildman–Crippen LogP) is 1.64. The highest BCUT2D eigenvalue weighted by Crippen LogP contribution is 2.46. The Balaban J connectivity index is 1.58. The summed E-state index contributed by atoms with van der Waals surface area (Å²) in [4.78, 5) is 10.8. The van der Waals surface area contributed by atoms with Crippen molar-refractivity contribution in [3.63, 3.8) is 0 Å². The molecular formula is C14H19N5. The first-order chi connectivity index (χ1) is 9.31. The van der Waals surface area contributed by atoms with Crippen molar-refractivity contribution in [2.24, 2.45) is 5.41 Å². The quantitative estimate of drug-likeness (QED) is 0.868. The van der Waals surface area contributed by atoms with Crippen LogP contribution in [0, 0.1) is 16.7 Å². The van der Waals surface area contributed by atoms with E-state index in [1.807, 2.05) is 0 Å². The molecule has 0 bridgehead atoms. The fourth-order valence-corrected chi connectivity index (χ4v) is 2.80. The van der Waals surface area contributed by atoms with Crippen LogP contribution in [0.4, 0.5) is 5.82 Å². The third-order valence-corrected chi connectivity index (χ3v) is 4.15. The van der Waals surface area contributed by atoms with Crippen LogP contribution in [-0.4, -0.2) is 41.0 Å². The van der Waals surface area contributed by atoms with Gasteiger partial charge in [-0.3, -0.25) is 0 Å². The third kappa shape index (κ3) is 2.85. The Labute approximate surface area is 113 Å². The molecule has 5 nitrogen and oxygen atoms in total. The third-order valence-electron chi connectivity index (χ3n) is 4.15. The van der Waals surface area contributed by atoms with Crippen LogP contribution in [-0.2, 0) is 0 Å². The van der Waals surface area contributed by atoms with Crippen LogP contribution in [0.1, 0.15) is 31.4 Å². The standard InChI is InChI=1S/C14H19N5/c15-9-12-13(17-6-5-16-12)18-10-14(3-4-14)11-19-7-1-2-8-19/h5-6H,1-4,7-8,10-11H2,(H,17,18). The van der Waals surface area contributed by atoms with E-state index in [4.69, 9.17) is 5.26 Å². The molecule has 100 valence electrons. The van der Waals surface area contributed by atoms with Crippen LogP contribution >= 0.6 is 0 Å². The second-order valence-corrected chi connectivity index (χ2v) is 5.70. The Morgan fingerprint density at radius 2 is 2.00 bits per heavy atom. The van der Waals surface area contributed by atoms with Crippen LogP contribution in [0.25, 0.3) is 0 Å². The van der Waals surface area contributed by atoms with E-state index in [1.165, 1.54) is 45.3 Å². The van der Waals surface area contributed by atoms with Crippen LogP contribution < -0.4 is 5.32 Å². The summed E-state index contributed by atoms with van der Waals surface area (Å²) in [6.07, 6.45) is 8.42. The summed E-state index contributed by atoms with van der Waals surface area (Å²) in [6, 6.07) is 2.08. The summed E-state index contributed by atoms with van der Waals surface area (Å²) in [7, 11) is 0. The number of nitriles is 1. The van der Waals surface area contributed by atoms with Crippen molar-refractivity contribution in [1.29, 1.82) is 5.26 Å². The summed E-state index contributed by atoms with van der Waals surface area (Å²) in [5.74, 6) is 0.623. The minimum atomic E-state index is 0.388. The highest BCUT2D eigenvalue weighted by atomic mass is 15.2. The van der Waals surface area contributed by atoms with Gasteiger partial charge in [-0.25, -0.2) is 9.97 Å². The fraction of sp³-hybridized carbons (Fsp3) is 0.643. The van der Waals surface area contributed by atoms with E-state index < -0.39 is 0 Å². The second-order valence-electron chi connectivity index (χ2n) is 5.70. The highest BCUT2D eigenvalue weighted by molar-refractivity contribution is 5.47. The molecule has 2 heterocycles. The molecule has 2 aliphatic rings. The van der Waals surface area contributed by atoms with Crippen molar-refractivity contribution in [2.75, 3.05) is 31.5 Å². The molecule has 2 fully saturated rings. The molecule has 1 aromatic heterocycles. The van der Waals surface area contributed by atoms with Crippen molar-refractivity contribution >= 4 is 5.82 Å². The lowest BCUT2D eigenvalue weighted by atomic mass is 10.1. The zero-order chi connectivity index (χ0) is 13.1. The maximum absolute atomic E-state index is 8.99. The molecule has 19 heavy (non-hydrogen) atoms. The monoisotopic (exact) mass is 257 g/mol. The second kappa shape index (κ2) is 5.14. The van der Waals surface area contributed by atoms with E-state index in [2.05, 4.69) is 26.3 Å². The Bertz CT molecular complexity index is 483. The fourth-order valence-electron chi connectivity index (χ4n) is 2.80. The van der Waals surface area contributed by atoms with Gasteiger partial charge in [0, 0.05) is 30.9 Å². The molecule has 1 saturated heterocycles. The van der Waals surface area contributed by atoms with Crippen molar-refractivity contribution in [2.45, 2.75) is 25.7 Å². The number of anilines is 1. The predicted molar refractivity (Wildman–Crippen MR) is 72.6 cm³/mol. The van der Waals surface area contributed by atoms with Gasteiger partial charge < -0.3 is 10.2 Å². The number of hydrogen-bond donors (Lipinski definition) is 1. The summed E-state index contributed by atoms with van der Waals surface area (Å²) < 4.78 is 0. The maximum Gasteiger partial charge on any atom is 0.182 e.